The second kappa shape index (κ2) is 8.01. The molecule has 0 radical (unpaired) electrons. The highest BCUT2D eigenvalue weighted by Gasteiger charge is 2.29. The lowest BCUT2D eigenvalue weighted by Crippen LogP contribution is -2.38. The number of carbonyl (C=O) groups is 1. The number of nitrogens with zero attached hydrogens (tertiary/aromatic N) is 1. The van der Waals surface area contributed by atoms with Crippen LogP contribution in [0.5, 0.6) is 11.5 Å². The van der Waals surface area contributed by atoms with E-state index >= 15 is 0 Å². The Bertz CT molecular complexity index is 793. The largest absolute Gasteiger partial charge is 0.486 e. The van der Waals surface area contributed by atoms with Gasteiger partial charge in [-0.05, 0) is 49.6 Å². The van der Waals surface area contributed by atoms with Gasteiger partial charge in [0.1, 0.15) is 13.2 Å². The maximum absolute atomic E-state index is 12.6. The van der Waals surface area contributed by atoms with Gasteiger partial charge in [-0.15, -0.1) is 0 Å². The number of ether oxygens (including phenoxy) is 2. The van der Waals surface area contributed by atoms with Gasteiger partial charge in [0, 0.05) is 6.04 Å². The van der Waals surface area contributed by atoms with E-state index < -0.39 is 0 Å². The highest BCUT2D eigenvalue weighted by Crippen LogP contribution is 2.37. The van der Waals surface area contributed by atoms with Crippen molar-refractivity contribution < 1.29 is 14.3 Å². The summed E-state index contributed by atoms with van der Waals surface area (Å²) in [5.74, 6) is 1.69. The van der Waals surface area contributed by atoms with E-state index in [9.17, 15) is 4.79 Å². The summed E-state index contributed by atoms with van der Waals surface area (Å²) in [7, 11) is 0. The molecule has 5 nitrogen and oxygen atoms in total. The Morgan fingerprint density at radius 2 is 1.93 bits per heavy atom. The zero-order valence-electron chi connectivity index (χ0n) is 15.7. The highest BCUT2D eigenvalue weighted by atomic mass is 16.6. The third-order valence-electron chi connectivity index (χ3n) is 5.34. The molecule has 1 saturated heterocycles. The molecule has 0 unspecified atom stereocenters. The fourth-order valence-corrected chi connectivity index (χ4v) is 3.96. The normalized spacial score (nSPS) is 20.3. The molecule has 5 heteroatoms. The van der Waals surface area contributed by atoms with Crippen LogP contribution in [0.15, 0.2) is 48.5 Å². The Hall–Kier alpha value is -2.53. The van der Waals surface area contributed by atoms with Crippen molar-refractivity contribution in [2.24, 2.45) is 0 Å². The van der Waals surface area contributed by atoms with Gasteiger partial charge in [-0.25, -0.2) is 0 Å². The van der Waals surface area contributed by atoms with Crippen LogP contribution in [-0.2, 0) is 4.79 Å². The fraction of sp³-hybridized carbons (Fsp3) is 0.409. The fourth-order valence-electron chi connectivity index (χ4n) is 3.96. The van der Waals surface area contributed by atoms with E-state index in [4.69, 9.17) is 9.47 Å². The molecule has 2 aromatic rings. The van der Waals surface area contributed by atoms with Crippen LogP contribution in [0, 0.1) is 0 Å². The molecule has 142 valence electrons. The minimum atomic E-state index is 0.00838. The molecule has 2 aliphatic rings. The number of carbonyl (C=O) groups excluding carboxylic acids is 1. The summed E-state index contributed by atoms with van der Waals surface area (Å²) in [6.45, 7) is 4.56. The molecular formula is C22H26N2O3. The number of amides is 1. The molecule has 2 heterocycles. The Balaban J connectivity index is 1.40. The lowest BCUT2D eigenvalue weighted by atomic mass is 10.0. The number of rotatable bonds is 5. The molecule has 27 heavy (non-hydrogen) atoms. The van der Waals surface area contributed by atoms with Gasteiger partial charge in [0.25, 0.3) is 0 Å². The summed E-state index contributed by atoms with van der Waals surface area (Å²) >= 11 is 0. The van der Waals surface area contributed by atoms with Crippen molar-refractivity contribution in [2.75, 3.05) is 26.3 Å². The average molecular weight is 366 g/mol. The number of likely N-dealkylation sites (tertiary alicyclic amines) is 1. The molecule has 2 aromatic carbocycles. The summed E-state index contributed by atoms with van der Waals surface area (Å²) in [6, 6.07) is 16.5. The van der Waals surface area contributed by atoms with Gasteiger partial charge < -0.3 is 14.8 Å². The summed E-state index contributed by atoms with van der Waals surface area (Å²) in [5.41, 5.74) is 2.32. The number of nitrogens with one attached hydrogen (secondary N) is 1. The first-order valence-corrected chi connectivity index (χ1v) is 9.68. The van der Waals surface area contributed by atoms with Crippen molar-refractivity contribution in [1.82, 2.24) is 10.2 Å². The van der Waals surface area contributed by atoms with Crippen molar-refractivity contribution in [3.63, 3.8) is 0 Å². The van der Waals surface area contributed by atoms with Crippen molar-refractivity contribution in [3.05, 3.63) is 59.7 Å². The van der Waals surface area contributed by atoms with Gasteiger partial charge in [-0.1, -0.05) is 36.4 Å². The molecule has 1 fully saturated rings. The van der Waals surface area contributed by atoms with E-state index in [1.807, 2.05) is 43.3 Å². The molecular weight excluding hydrogens is 340 g/mol. The van der Waals surface area contributed by atoms with Crippen LogP contribution in [0.2, 0.25) is 0 Å². The molecule has 0 bridgehead atoms. The minimum absolute atomic E-state index is 0.00838. The zero-order chi connectivity index (χ0) is 18.6. The van der Waals surface area contributed by atoms with Crippen LogP contribution in [0.25, 0.3) is 0 Å². The molecule has 4 rings (SSSR count). The molecule has 0 saturated carbocycles. The quantitative estimate of drug-likeness (QED) is 0.880. The Kier molecular flexibility index (Phi) is 5.30. The van der Waals surface area contributed by atoms with Crippen molar-refractivity contribution in [1.29, 1.82) is 0 Å². The van der Waals surface area contributed by atoms with Crippen LogP contribution in [-0.4, -0.2) is 37.1 Å². The van der Waals surface area contributed by atoms with Crippen LogP contribution < -0.4 is 14.8 Å². The monoisotopic (exact) mass is 366 g/mol. The van der Waals surface area contributed by atoms with E-state index in [-0.39, 0.29) is 18.0 Å². The molecule has 1 amide bonds. The number of fused-ring (bicyclic) bond motifs is 1. The SMILES string of the molecule is C[C@H](NC(=O)CN1CCC[C@@H]1c1ccc2c(c1)OCCO2)c1ccccc1. The minimum Gasteiger partial charge on any atom is -0.486 e. The standard InChI is InChI=1S/C22H26N2O3/c1-16(17-6-3-2-4-7-17)23-22(25)15-24-11-5-8-19(24)18-9-10-20-21(14-18)27-13-12-26-20/h2-4,6-7,9-10,14,16,19H,5,8,11-13,15H2,1H3,(H,23,25)/t16-,19+/m0/s1. The molecule has 0 spiro atoms. The lowest BCUT2D eigenvalue weighted by Gasteiger charge is -2.26. The highest BCUT2D eigenvalue weighted by molar-refractivity contribution is 5.78. The second-order valence-corrected chi connectivity index (χ2v) is 7.23. The van der Waals surface area contributed by atoms with E-state index in [2.05, 4.69) is 22.3 Å². The molecule has 0 aromatic heterocycles. The van der Waals surface area contributed by atoms with Gasteiger partial charge >= 0.3 is 0 Å². The molecule has 1 N–H and O–H groups in total. The number of benzene rings is 2. The predicted molar refractivity (Wildman–Crippen MR) is 104 cm³/mol. The lowest BCUT2D eigenvalue weighted by molar-refractivity contribution is -0.123. The van der Waals surface area contributed by atoms with Crippen LogP contribution >= 0.6 is 0 Å². The van der Waals surface area contributed by atoms with Crippen molar-refractivity contribution >= 4 is 5.91 Å². The average Bonchev–Trinajstić information content (AvgIpc) is 3.16. The number of hydrogen-bond donors (Lipinski definition) is 1. The van der Waals surface area contributed by atoms with Gasteiger partial charge in [0.15, 0.2) is 11.5 Å². The molecule has 2 aliphatic heterocycles. The Labute approximate surface area is 160 Å². The zero-order valence-corrected chi connectivity index (χ0v) is 15.7. The van der Waals surface area contributed by atoms with E-state index in [1.54, 1.807) is 0 Å². The topological polar surface area (TPSA) is 50.8 Å². The van der Waals surface area contributed by atoms with Gasteiger partial charge in [-0.3, -0.25) is 9.69 Å². The first kappa shape index (κ1) is 17.9. The van der Waals surface area contributed by atoms with E-state index in [1.165, 1.54) is 5.56 Å². The van der Waals surface area contributed by atoms with Crippen LogP contribution in [0.3, 0.4) is 0 Å². The third kappa shape index (κ3) is 4.08. The maximum atomic E-state index is 12.6. The first-order valence-electron chi connectivity index (χ1n) is 9.68. The van der Waals surface area contributed by atoms with Crippen molar-refractivity contribution in [3.8, 4) is 11.5 Å². The first-order chi connectivity index (χ1) is 13.2. The molecule has 0 aliphatic carbocycles. The third-order valence-corrected chi connectivity index (χ3v) is 5.34. The van der Waals surface area contributed by atoms with Crippen molar-refractivity contribution in [2.45, 2.75) is 31.8 Å². The summed E-state index contributed by atoms with van der Waals surface area (Å²) in [5, 5.41) is 3.12. The summed E-state index contributed by atoms with van der Waals surface area (Å²) in [4.78, 5) is 14.9. The van der Waals surface area contributed by atoms with Crippen LogP contribution in [0.1, 0.15) is 43.0 Å². The van der Waals surface area contributed by atoms with Gasteiger partial charge in [0.2, 0.25) is 5.91 Å². The van der Waals surface area contributed by atoms with Crippen LogP contribution in [0.4, 0.5) is 0 Å². The van der Waals surface area contributed by atoms with Gasteiger partial charge in [-0.2, -0.15) is 0 Å². The smallest absolute Gasteiger partial charge is 0.234 e. The number of hydrogen-bond acceptors (Lipinski definition) is 4. The van der Waals surface area contributed by atoms with Gasteiger partial charge in [0.05, 0.1) is 12.6 Å². The van der Waals surface area contributed by atoms with E-state index in [0.717, 1.165) is 36.4 Å². The Morgan fingerprint density at radius 1 is 1.15 bits per heavy atom. The summed E-state index contributed by atoms with van der Waals surface area (Å²) < 4.78 is 11.3. The molecule has 2 atom stereocenters. The Morgan fingerprint density at radius 3 is 2.74 bits per heavy atom. The summed E-state index contributed by atoms with van der Waals surface area (Å²) in [6.07, 6.45) is 2.15. The predicted octanol–water partition coefficient (Wildman–Crippen LogP) is 3.47. The maximum Gasteiger partial charge on any atom is 0.234 e. The van der Waals surface area contributed by atoms with E-state index in [0.29, 0.717) is 19.8 Å². The second-order valence-electron chi connectivity index (χ2n) is 7.23.